The van der Waals surface area contributed by atoms with Crippen LogP contribution in [0, 0.1) is 0 Å². The molecule has 16 heavy (non-hydrogen) atoms. The van der Waals surface area contributed by atoms with Crippen molar-refractivity contribution in [2.45, 2.75) is 23.4 Å². The fourth-order valence-electron chi connectivity index (χ4n) is 1.01. The van der Waals surface area contributed by atoms with E-state index in [0.717, 1.165) is 5.03 Å². The minimum absolute atomic E-state index is 0.0252. The maximum Gasteiger partial charge on any atom is 0.401 e. The first kappa shape index (κ1) is 13.2. The zero-order valence-electron chi connectivity index (χ0n) is 8.66. The molecule has 7 heteroatoms. The largest absolute Gasteiger partial charge is 0.401 e. The number of rotatable bonds is 5. The highest BCUT2D eigenvalue weighted by Crippen LogP contribution is 2.19. The Labute approximate surface area is 95.9 Å². The molecule has 1 unspecified atom stereocenters. The summed E-state index contributed by atoms with van der Waals surface area (Å²) in [6, 6.07) is 1.73. The van der Waals surface area contributed by atoms with Crippen molar-refractivity contribution in [1.29, 1.82) is 0 Å². The first-order valence-electron chi connectivity index (χ1n) is 4.67. The summed E-state index contributed by atoms with van der Waals surface area (Å²) in [4.78, 5) is 7.74. The van der Waals surface area contributed by atoms with E-state index in [9.17, 15) is 13.2 Å². The van der Waals surface area contributed by atoms with Gasteiger partial charge in [-0.25, -0.2) is 9.97 Å². The van der Waals surface area contributed by atoms with E-state index in [1.54, 1.807) is 12.3 Å². The van der Waals surface area contributed by atoms with Crippen molar-refractivity contribution in [3.05, 3.63) is 18.6 Å². The second-order valence-electron chi connectivity index (χ2n) is 3.22. The van der Waals surface area contributed by atoms with E-state index in [0.29, 0.717) is 0 Å². The van der Waals surface area contributed by atoms with E-state index >= 15 is 0 Å². The van der Waals surface area contributed by atoms with Gasteiger partial charge in [-0.05, 0) is 6.07 Å². The predicted octanol–water partition coefficient (Wildman–Crippen LogP) is 2.11. The molecule has 90 valence electrons. The second kappa shape index (κ2) is 6.05. The van der Waals surface area contributed by atoms with Crippen LogP contribution >= 0.6 is 11.8 Å². The molecule has 1 aromatic heterocycles. The summed E-state index contributed by atoms with van der Waals surface area (Å²) in [6.45, 7) is 1.17. The average Bonchev–Trinajstić information content (AvgIpc) is 2.17. The van der Waals surface area contributed by atoms with Crippen molar-refractivity contribution in [3.8, 4) is 0 Å². The standard InChI is InChI=1S/C9H12F3N3S/c1-7(4-14-5-9(10,11)12)16-8-2-3-13-6-15-8/h2-3,6-7,14H,4-5H2,1H3. The molecular formula is C9H12F3N3S. The number of thioether (sulfide) groups is 1. The van der Waals surface area contributed by atoms with Gasteiger partial charge in [-0.15, -0.1) is 11.8 Å². The minimum atomic E-state index is -4.15. The first-order chi connectivity index (χ1) is 7.47. The van der Waals surface area contributed by atoms with Gasteiger partial charge >= 0.3 is 6.18 Å². The Bertz CT molecular complexity index is 305. The smallest absolute Gasteiger partial charge is 0.308 e. The molecule has 0 aliphatic carbocycles. The first-order valence-corrected chi connectivity index (χ1v) is 5.55. The molecule has 0 radical (unpaired) electrons. The molecule has 1 heterocycles. The predicted molar refractivity (Wildman–Crippen MR) is 56.3 cm³/mol. The van der Waals surface area contributed by atoms with E-state index in [2.05, 4.69) is 15.3 Å². The lowest BCUT2D eigenvalue weighted by Gasteiger charge is -2.12. The lowest BCUT2D eigenvalue weighted by Crippen LogP contribution is -2.32. The number of aromatic nitrogens is 2. The molecule has 3 nitrogen and oxygen atoms in total. The Morgan fingerprint density at radius 3 is 2.81 bits per heavy atom. The summed E-state index contributed by atoms with van der Waals surface area (Å²) in [6.07, 6.45) is -1.14. The Kier molecular flexibility index (Phi) is 5.01. The highest BCUT2D eigenvalue weighted by Gasteiger charge is 2.26. The maximum atomic E-state index is 11.8. The van der Waals surface area contributed by atoms with Gasteiger partial charge in [-0.1, -0.05) is 6.92 Å². The van der Waals surface area contributed by atoms with Crippen molar-refractivity contribution in [3.63, 3.8) is 0 Å². The van der Waals surface area contributed by atoms with Gasteiger partial charge in [-0.3, -0.25) is 0 Å². The van der Waals surface area contributed by atoms with E-state index in [1.807, 2.05) is 6.92 Å². The maximum absolute atomic E-state index is 11.8. The van der Waals surface area contributed by atoms with Crippen molar-refractivity contribution in [1.82, 2.24) is 15.3 Å². The monoisotopic (exact) mass is 251 g/mol. The molecule has 1 atom stereocenters. The van der Waals surface area contributed by atoms with Gasteiger partial charge in [0.1, 0.15) is 6.33 Å². The molecule has 0 saturated heterocycles. The van der Waals surface area contributed by atoms with Crippen molar-refractivity contribution in [2.24, 2.45) is 0 Å². The lowest BCUT2D eigenvalue weighted by atomic mass is 10.4. The van der Waals surface area contributed by atoms with Crippen LogP contribution < -0.4 is 5.32 Å². The van der Waals surface area contributed by atoms with Crippen LogP contribution in [0.25, 0.3) is 0 Å². The summed E-state index contributed by atoms with van der Waals surface area (Å²) in [5.41, 5.74) is 0. The third-order valence-corrected chi connectivity index (χ3v) is 2.69. The second-order valence-corrected chi connectivity index (χ2v) is 4.68. The number of nitrogens with zero attached hydrogens (tertiary/aromatic N) is 2. The Hall–Kier alpha value is -0.820. The minimum Gasteiger partial charge on any atom is -0.308 e. The molecule has 1 aromatic rings. The van der Waals surface area contributed by atoms with Gasteiger partial charge in [0, 0.05) is 18.0 Å². The third kappa shape index (κ3) is 5.92. The topological polar surface area (TPSA) is 37.8 Å². The SMILES string of the molecule is CC(CNCC(F)(F)F)Sc1ccncn1. The average molecular weight is 251 g/mol. The van der Waals surface area contributed by atoms with Crippen LogP contribution in [0.2, 0.25) is 0 Å². The van der Waals surface area contributed by atoms with Gasteiger partial charge in [0.15, 0.2) is 0 Å². The molecule has 0 fully saturated rings. The van der Waals surface area contributed by atoms with E-state index in [-0.39, 0.29) is 11.8 Å². The molecule has 0 aliphatic heterocycles. The molecule has 1 rings (SSSR count). The van der Waals surface area contributed by atoms with Gasteiger partial charge in [0.25, 0.3) is 0 Å². The van der Waals surface area contributed by atoms with Crippen LogP contribution in [0.3, 0.4) is 0 Å². The number of alkyl halides is 3. The zero-order chi connectivity index (χ0) is 12.0. The van der Waals surface area contributed by atoms with Crippen molar-refractivity contribution < 1.29 is 13.2 Å². The van der Waals surface area contributed by atoms with E-state index < -0.39 is 12.7 Å². The zero-order valence-corrected chi connectivity index (χ0v) is 9.48. The van der Waals surface area contributed by atoms with E-state index in [1.165, 1.54) is 18.1 Å². The number of hydrogen-bond donors (Lipinski definition) is 1. The molecule has 0 aliphatic rings. The molecule has 0 amide bonds. The van der Waals surface area contributed by atoms with Crippen molar-refractivity contribution >= 4 is 11.8 Å². The van der Waals surface area contributed by atoms with Crippen LogP contribution in [0.4, 0.5) is 13.2 Å². The molecule has 1 N–H and O–H groups in total. The molecule has 0 bridgehead atoms. The molecular weight excluding hydrogens is 239 g/mol. The highest BCUT2D eigenvalue weighted by molar-refractivity contribution is 7.99. The molecule has 0 spiro atoms. The molecule has 0 saturated carbocycles. The van der Waals surface area contributed by atoms with E-state index in [4.69, 9.17) is 0 Å². The number of nitrogens with one attached hydrogen (secondary N) is 1. The van der Waals surface area contributed by atoms with Crippen LogP contribution in [0.15, 0.2) is 23.6 Å². The fourth-order valence-corrected chi connectivity index (χ4v) is 1.87. The van der Waals surface area contributed by atoms with Gasteiger partial charge in [0.05, 0.1) is 11.6 Å². The van der Waals surface area contributed by atoms with Crippen LogP contribution in [-0.4, -0.2) is 34.5 Å². The van der Waals surface area contributed by atoms with Gasteiger partial charge in [0.2, 0.25) is 0 Å². The Morgan fingerprint density at radius 1 is 1.50 bits per heavy atom. The van der Waals surface area contributed by atoms with Crippen LogP contribution in [0.5, 0.6) is 0 Å². The normalized spacial score (nSPS) is 13.8. The quantitative estimate of drug-likeness (QED) is 0.642. The third-order valence-electron chi connectivity index (χ3n) is 1.63. The van der Waals surface area contributed by atoms with Crippen molar-refractivity contribution in [2.75, 3.05) is 13.1 Å². The summed E-state index contributed by atoms with van der Waals surface area (Å²) in [7, 11) is 0. The van der Waals surface area contributed by atoms with Gasteiger partial charge < -0.3 is 5.32 Å². The molecule has 0 aromatic carbocycles. The lowest BCUT2D eigenvalue weighted by molar-refractivity contribution is -0.124. The van der Waals surface area contributed by atoms with Crippen LogP contribution in [-0.2, 0) is 0 Å². The summed E-state index contributed by atoms with van der Waals surface area (Å²) >= 11 is 1.41. The number of hydrogen-bond acceptors (Lipinski definition) is 4. The number of halogens is 3. The highest BCUT2D eigenvalue weighted by atomic mass is 32.2. The summed E-state index contributed by atoms with van der Waals surface area (Å²) in [5.74, 6) is 0. The fraction of sp³-hybridized carbons (Fsp3) is 0.556. The Balaban J connectivity index is 2.24. The Morgan fingerprint density at radius 2 is 2.25 bits per heavy atom. The summed E-state index contributed by atoms with van der Waals surface area (Å²) in [5, 5.41) is 3.14. The summed E-state index contributed by atoms with van der Waals surface area (Å²) < 4.78 is 35.5. The van der Waals surface area contributed by atoms with Gasteiger partial charge in [-0.2, -0.15) is 13.2 Å². The van der Waals surface area contributed by atoms with Crippen LogP contribution in [0.1, 0.15) is 6.92 Å².